The minimum absolute atomic E-state index is 0.0656. The van der Waals surface area contributed by atoms with Gasteiger partial charge >= 0.3 is 0 Å². The number of halogens is 1. The van der Waals surface area contributed by atoms with Gasteiger partial charge in [0.05, 0.1) is 11.3 Å². The third-order valence-electron chi connectivity index (χ3n) is 2.40. The Kier molecular flexibility index (Phi) is 4.04. The van der Waals surface area contributed by atoms with Crippen molar-refractivity contribution in [1.82, 2.24) is 0 Å². The van der Waals surface area contributed by atoms with Gasteiger partial charge in [0, 0.05) is 9.35 Å². The Balaban J connectivity index is 2.28. The number of carbonyl (C=O) groups excluding carboxylic acids is 1. The number of carbonyl (C=O) groups is 1. The second-order valence-electron chi connectivity index (χ2n) is 3.80. The molecule has 0 spiro atoms. The Bertz CT molecular complexity index is 567. The fourth-order valence-corrected chi connectivity index (χ4v) is 2.67. The molecular weight excluding hydrogens is 314 g/mol. The summed E-state index contributed by atoms with van der Waals surface area (Å²) in [6, 6.07) is 7.39. The van der Waals surface area contributed by atoms with Gasteiger partial charge in [-0.15, -0.1) is 11.3 Å². The van der Waals surface area contributed by atoms with Gasteiger partial charge in [-0.25, -0.2) is 0 Å². The van der Waals surface area contributed by atoms with Crippen molar-refractivity contribution in [2.24, 2.45) is 0 Å². The standard InChI is InChI=1S/C13H12BrNO2S/c1-8(16)11-5-9(14)6-12(15)13(11)17-7-10-3-2-4-18-10/h2-6H,7,15H2,1H3. The molecule has 0 amide bonds. The number of nitrogen functional groups attached to an aromatic ring is 1. The predicted molar refractivity (Wildman–Crippen MR) is 77.2 cm³/mol. The number of anilines is 1. The molecule has 0 aliphatic carbocycles. The summed E-state index contributed by atoms with van der Waals surface area (Å²) in [5.74, 6) is 0.392. The number of ether oxygens (including phenoxy) is 1. The van der Waals surface area contributed by atoms with Gasteiger partial charge in [-0.3, -0.25) is 4.79 Å². The molecule has 0 bridgehead atoms. The molecule has 0 aliphatic rings. The molecule has 94 valence electrons. The zero-order valence-corrected chi connectivity index (χ0v) is 12.2. The molecule has 3 nitrogen and oxygen atoms in total. The summed E-state index contributed by atoms with van der Waals surface area (Å²) in [5, 5.41) is 1.98. The van der Waals surface area contributed by atoms with E-state index in [-0.39, 0.29) is 5.78 Å². The average Bonchev–Trinajstić information content (AvgIpc) is 2.79. The van der Waals surface area contributed by atoms with Gasteiger partial charge in [0.2, 0.25) is 0 Å². The van der Waals surface area contributed by atoms with Crippen molar-refractivity contribution in [2.45, 2.75) is 13.5 Å². The van der Waals surface area contributed by atoms with Gasteiger partial charge in [0.25, 0.3) is 0 Å². The number of benzene rings is 1. The Morgan fingerprint density at radius 3 is 2.89 bits per heavy atom. The van der Waals surface area contributed by atoms with Gasteiger partial charge in [-0.1, -0.05) is 22.0 Å². The minimum Gasteiger partial charge on any atom is -0.485 e. The van der Waals surface area contributed by atoms with Crippen LogP contribution in [0.4, 0.5) is 5.69 Å². The SMILES string of the molecule is CC(=O)c1cc(Br)cc(N)c1OCc1cccs1. The van der Waals surface area contributed by atoms with Crippen LogP contribution >= 0.6 is 27.3 Å². The lowest BCUT2D eigenvalue weighted by Gasteiger charge is -2.12. The quantitative estimate of drug-likeness (QED) is 0.685. The lowest BCUT2D eigenvalue weighted by atomic mass is 10.1. The van der Waals surface area contributed by atoms with Crippen molar-refractivity contribution in [1.29, 1.82) is 0 Å². The van der Waals surface area contributed by atoms with Crippen molar-refractivity contribution in [3.05, 3.63) is 44.6 Å². The topological polar surface area (TPSA) is 52.3 Å². The molecule has 0 radical (unpaired) electrons. The molecule has 0 saturated heterocycles. The molecular formula is C13H12BrNO2S. The summed E-state index contributed by atoms with van der Waals surface area (Å²) in [6.07, 6.45) is 0. The molecule has 18 heavy (non-hydrogen) atoms. The van der Waals surface area contributed by atoms with E-state index in [1.54, 1.807) is 23.5 Å². The summed E-state index contributed by atoms with van der Waals surface area (Å²) in [7, 11) is 0. The first-order chi connectivity index (χ1) is 8.58. The van der Waals surface area contributed by atoms with Gasteiger partial charge in [-0.2, -0.15) is 0 Å². The van der Waals surface area contributed by atoms with Crippen LogP contribution in [0.15, 0.2) is 34.1 Å². The summed E-state index contributed by atoms with van der Waals surface area (Å²) in [5.41, 5.74) is 6.86. The molecule has 1 aromatic heterocycles. The van der Waals surface area contributed by atoms with Crippen LogP contribution in [0.5, 0.6) is 5.75 Å². The second-order valence-corrected chi connectivity index (χ2v) is 5.74. The highest BCUT2D eigenvalue weighted by Gasteiger charge is 2.13. The first kappa shape index (κ1) is 13.1. The molecule has 2 N–H and O–H groups in total. The maximum absolute atomic E-state index is 11.6. The van der Waals surface area contributed by atoms with Gasteiger partial charge < -0.3 is 10.5 Å². The summed E-state index contributed by atoms with van der Waals surface area (Å²) in [4.78, 5) is 12.7. The Morgan fingerprint density at radius 2 is 2.28 bits per heavy atom. The fraction of sp³-hybridized carbons (Fsp3) is 0.154. The monoisotopic (exact) mass is 325 g/mol. The molecule has 0 aliphatic heterocycles. The maximum atomic E-state index is 11.6. The predicted octanol–water partition coefficient (Wildman–Crippen LogP) is 3.87. The molecule has 5 heteroatoms. The number of rotatable bonds is 4. The van der Waals surface area contributed by atoms with Crippen molar-refractivity contribution >= 4 is 38.7 Å². The van der Waals surface area contributed by atoms with Crippen LogP contribution in [0.3, 0.4) is 0 Å². The van der Waals surface area contributed by atoms with Crippen molar-refractivity contribution in [3.63, 3.8) is 0 Å². The number of hydrogen-bond donors (Lipinski definition) is 1. The number of hydrogen-bond acceptors (Lipinski definition) is 4. The van der Waals surface area contributed by atoms with E-state index >= 15 is 0 Å². The van der Waals surface area contributed by atoms with Crippen LogP contribution in [0.2, 0.25) is 0 Å². The van der Waals surface area contributed by atoms with E-state index in [4.69, 9.17) is 10.5 Å². The Hall–Kier alpha value is -1.33. The largest absolute Gasteiger partial charge is 0.485 e. The van der Waals surface area contributed by atoms with Crippen LogP contribution < -0.4 is 10.5 Å². The fourth-order valence-electron chi connectivity index (χ4n) is 1.58. The molecule has 1 aromatic carbocycles. The van der Waals surface area contributed by atoms with Gasteiger partial charge in [0.15, 0.2) is 11.5 Å². The summed E-state index contributed by atoms with van der Waals surface area (Å²) < 4.78 is 6.44. The van der Waals surface area contributed by atoms with E-state index in [9.17, 15) is 4.79 Å². The maximum Gasteiger partial charge on any atom is 0.163 e. The van der Waals surface area contributed by atoms with Crippen molar-refractivity contribution < 1.29 is 9.53 Å². The molecule has 0 fully saturated rings. The highest BCUT2D eigenvalue weighted by atomic mass is 79.9. The number of Topliss-reactive ketones (excluding diaryl/α,β-unsaturated/α-hetero) is 1. The third-order valence-corrected chi connectivity index (χ3v) is 3.71. The highest BCUT2D eigenvalue weighted by Crippen LogP contribution is 2.32. The highest BCUT2D eigenvalue weighted by molar-refractivity contribution is 9.10. The van der Waals surface area contributed by atoms with Crippen LogP contribution in [-0.2, 0) is 6.61 Å². The van der Waals surface area contributed by atoms with Gasteiger partial charge in [-0.05, 0) is 30.5 Å². The van der Waals surface area contributed by atoms with E-state index in [2.05, 4.69) is 15.9 Å². The number of thiophene rings is 1. The zero-order chi connectivity index (χ0) is 13.1. The number of ketones is 1. The van der Waals surface area contributed by atoms with Crippen LogP contribution in [0.1, 0.15) is 22.2 Å². The Morgan fingerprint density at radius 1 is 1.50 bits per heavy atom. The zero-order valence-electron chi connectivity index (χ0n) is 9.77. The van der Waals surface area contributed by atoms with Crippen molar-refractivity contribution in [2.75, 3.05) is 5.73 Å². The van der Waals surface area contributed by atoms with Crippen LogP contribution in [-0.4, -0.2) is 5.78 Å². The van der Waals surface area contributed by atoms with E-state index in [1.807, 2.05) is 17.5 Å². The van der Waals surface area contributed by atoms with E-state index in [0.29, 0.717) is 23.6 Å². The van der Waals surface area contributed by atoms with E-state index in [1.165, 1.54) is 6.92 Å². The molecule has 2 rings (SSSR count). The first-order valence-corrected chi connectivity index (χ1v) is 7.00. The van der Waals surface area contributed by atoms with Gasteiger partial charge in [0.1, 0.15) is 6.61 Å². The second kappa shape index (κ2) is 5.54. The minimum atomic E-state index is -0.0656. The van der Waals surface area contributed by atoms with Crippen molar-refractivity contribution in [3.8, 4) is 5.75 Å². The first-order valence-electron chi connectivity index (χ1n) is 5.33. The molecule has 0 unspecified atom stereocenters. The third kappa shape index (κ3) is 2.91. The van der Waals surface area contributed by atoms with E-state index in [0.717, 1.165) is 9.35 Å². The molecule has 0 saturated carbocycles. The normalized spacial score (nSPS) is 10.3. The molecule has 0 atom stereocenters. The number of nitrogens with two attached hydrogens (primary N) is 1. The lowest BCUT2D eigenvalue weighted by molar-refractivity contribution is 0.101. The summed E-state index contributed by atoms with van der Waals surface area (Å²) in [6.45, 7) is 1.92. The molecule has 1 heterocycles. The smallest absolute Gasteiger partial charge is 0.163 e. The lowest BCUT2D eigenvalue weighted by Crippen LogP contribution is -2.04. The average molecular weight is 326 g/mol. The van der Waals surface area contributed by atoms with Crippen LogP contribution in [0, 0.1) is 0 Å². The molecule has 2 aromatic rings. The van der Waals surface area contributed by atoms with Crippen LogP contribution in [0.25, 0.3) is 0 Å². The van der Waals surface area contributed by atoms with E-state index < -0.39 is 0 Å². The Labute approximate surface area is 118 Å². The summed E-state index contributed by atoms with van der Waals surface area (Å²) >= 11 is 4.92.